The van der Waals surface area contributed by atoms with Gasteiger partial charge >= 0.3 is 0 Å². The molecule has 0 saturated carbocycles. The third kappa shape index (κ3) is 3.93. The number of benzene rings is 2. The SMILES string of the molecule is COc1ccc(-n2nc(C(=O)NCCN3CCOCC3)c3c4ccccc4n(C)c3c2=O)cc1. The summed E-state index contributed by atoms with van der Waals surface area (Å²) >= 11 is 0. The molecule has 3 heterocycles. The molecule has 0 aliphatic carbocycles. The number of morpholine rings is 1. The number of para-hydroxylation sites is 1. The number of aromatic nitrogens is 3. The van der Waals surface area contributed by atoms with E-state index in [0.717, 1.165) is 30.5 Å². The Hall–Kier alpha value is -3.69. The summed E-state index contributed by atoms with van der Waals surface area (Å²) in [5.74, 6) is 0.362. The molecule has 1 N–H and O–H groups in total. The van der Waals surface area contributed by atoms with E-state index in [-0.39, 0.29) is 17.2 Å². The number of nitrogens with zero attached hydrogens (tertiary/aromatic N) is 4. The summed E-state index contributed by atoms with van der Waals surface area (Å²) in [6, 6.07) is 14.7. The Morgan fingerprint density at radius 2 is 1.85 bits per heavy atom. The zero-order valence-corrected chi connectivity index (χ0v) is 19.3. The number of aryl methyl sites for hydroxylation is 1. The maximum absolute atomic E-state index is 13.6. The summed E-state index contributed by atoms with van der Waals surface area (Å²) in [6.07, 6.45) is 0. The fourth-order valence-corrected chi connectivity index (χ4v) is 4.47. The van der Waals surface area contributed by atoms with Crippen molar-refractivity contribution in [1.29, 1.82) is 0 Å². The fraction of sp³-hybridized carbons (Fsp3) is 0.320. The van der Waals surface area contributed by atoms with Crippen LogP contribution in [0.4, 0.5) is 0 Å². The van der Waals surface area contributed by atoms with Crippen LogP contribution in [0.1, 0.15) is 10.5 Å². The van der Waals surface area contributed by atoms with Crippen molar-refractivity contribution in [3.63, 3.8) is 0 Å². The zero-order chi connectivity index (χ0) is 23.7. The van der Waals surface area contributed by atoms with E-state index in [1.807, 2.05) is 35.9 Å². The molecular weight excluding hydrogens is 434 g/mol. The van der Waals surface area contributed by atoms with E-state index in [0.29, 0.717) is 42.1 Å². The van der Waals surface area contributed by atoms with E-state index in [4.69, 9.17) is 9.47 Å². The number of ether oxygens (including phenoxy) is 2. The van der Waals surface area contributed by atoms with Gasteiger partial charge in [-0.25, -0.2) is 0 Å². The van der Waals surface area contributed by atoms with Crippen molar-refractivity contribution < 1.29 is 14.3 Å². The molecule has 176 valence electrons. The molecule has 2 aromatic carbocycles. The van der Waals surface area contributed by atoms with E-state index in [1.165, 1.54) is 4.68 Å². The lowest BCUT2D eigenvalue weighted by molar-refractivity contribution is 0.0383. The minimum atomic E-state index is -0.308. The van der Waals surface area contributed by atoms with E-state index in [9.17, 15) is 9.59 Å². The van der Waals surface area contributed by atoms with Gasteiger partial charge in [0.15, 0.2) is 5.69 Å². The second-order valence-electron chi connectivity index (χ2n) is 8.27. The molecule has 1 amide bonds. The van der Waals surface area contributed by atoms with E-state index >= 15 is 0 Å². The third-order valence-electron chi connectivity index (χ3n) is 6.29. The smallest absolute Gasteiger partial charge is 0.296 e. The zero-order valence-electron chi connectivity index (χ0n) is 19.3. The van der Waals surface area contributed by atoms with Gasteiger partial charge in [-0.3, -0.25) is 14.5 Å². The van der Waals surface area contributed by atoms with Crippen LogP contribution in [0.15, 0.2) is 53.3 Å². The van der Waals surface area contributed by atoms with Crippen molar-refractivity contribution in [3.05, 3.63) is 64.6 Å². The second kappa shape index (κ2) is 9.28. The van der Waals surface area contributed by atoms with Gasteiger partial charge in [0.1, 0.15) is 11.3 Å². The van der Waals surface area contributed by atoms with Gasteiger partial charge in [-0.1, -0.05) is 18.2 Å². The Balaban J connectivity index is 1.59. The lowest BCUT2D eigenvalue weighted by Crippen LogP contribution is -2.41. The second-order valence-corrected chi connectivity index (χ2v) is 8.27. The number of hydrogen-bond donors (Lipinski definition) is 1. The lowest BCUT2D eigenvalue weighted by Gasteiger charge is -2.26. The van der Waals surface area contributed by atoms with Crippen LogP contribution in [0.5, 0.6) is 5.75 Å². The van der Waals surface area contributed by atoms with Gasteiger partial charge in [0.2, 0.25) is 0 Å². The molecule has 0 bridgehead atoms. The monoisotopic (exact) mass is 461 g/mol. The van der Waals surface area contributed by atoms with Crippen molar-refractivity contribution in [1.82, 2.24) is 24.6 Å². The summed E-state index contributed by atoms with van der Waals surface area (Å²) in [5.41, 5.74) is 1.80. The van der Waals surface area contributed by atoms with E-state index in [2.05, 4.69) is 15.3 Å². The van der Waals surface area contributed by atoms with Crippen molar-refractivity contribution >= 4 is 27.7 Å². The summed E-state index contributed by atoms with van der Waals surface area (Å²) in [6.45, 7) is 4.33. The van der Waals surface area contributed by atoms with Crippen LogP contribution in [0.25, 0.3) is 27.5 Å². The number of amides is 1. The molecule has 5 rings (SSSR count). The summed E-state index contributed by atoms with van der Waals surface area (Å²) in [4.78, 5) is 29.2. The van der Waals surface area contributed by atoms with Gasteiger partial charge in [0.05, 0.1) is 26.0 Å². The Labute approximate surface area is 196 Å². The predicted octanol–water partition coefficient (Wildman–Crippen LogP) is 1.95. The summed E-state index contributed by atoms with van der Waals surface area (Å²) in [5, 5.41) is 8.95. The number of carbonyl (C=O) groups excluding carboxylic acids is 1. The molecule has 4 aromatic rings. The lowest BCUT2D eigenvalue weighted by atomic mass is 10.1. The number of fused-ring (bicyclic) bond motifs is 3. The number of methoxy groups -OCH3 is 1. The van der Waals surface area contributed by atoms with Crippen LogP contribution in [-0.2, 0) is 11.8 Å². The molecule has 0 radical (unpaired) electrons. The van der Waals surface area contributed by atoms with E-state index < -0.39 is 0 Å². The Kier molecular flexibility index (Phi) is 6.04. The van der Waals surface area contributed by atoms with Crippen LogP contribution in [0.3, 0.4) is 0 Å². The van der Waals surface area contributed by atoms with Crippen molar-refractivity contribution in [2.24, 2.45) is 7.05 Å². The van der Waals surface area contributed by atoms with Crippen LogP contribution < -0.4 is 15.6 Å². The van der Waals surface area contributed by atoms with Crippen LogP contribution >= 0.6 is 0 Å². The first kappa shape index (κ1) is 22.1. The van der Waals surface area contributed by atoms with Crippen LogP contribution in [0.2, 0.25) is 0 Å². The van der Waals surface area contributed by atoms with Gasteiger partial charge in [0.25, 0.3) is 11.5 Å². The fourth-order valence-electron chi connectivity index (χ4n) is 4.47. The standard InChI is InChI=1S/C25H27N5O4/c1-28-20-6-4-3-5-19(20)21-22(24(31)26-11-12-29-13-15-34-16-14-29)27-30(25(32)23(21)28)17-7-9-18(33-2)10-8-17/h3-10H,11-16H2,1-2H3,(H,26,31). The average molecular weight is 462 g/mol. The molecule has 1 aliphatic heterocycles. The van der Waals surface area contributed by atoms with Crippen molar-refractivity contribution in [2.75, 3.05) is 46.5 Å². The summed E-state index contributed by atoms with van der Waals surface area (Å²) < 4.78 is 13.7. The van der Waals surface area contributed by atoms with Crippen molar-refractivity contribution in [2.45, 2.75) is 0 Å². The first-order chi connectivity index (χ1) is 16.6. The molecular formula is C25H27N5O4. The van der Waals surface area contributed by atoms with Gasteiger partial charge in [-0.15, -0.1) is 0 Å². The summed E-state index contributed by atoms with van der Waals surface area (Å²) in [7, 11) is 3.42. The Morgan fingerprint density at radius 3 is 2.59 bits per heavy atom. The maximum atomic E-state index is 13.6. The van der Waals surface area contributed by atoms with Crippen LogP contribution in [-0.4, -0.2) is 71.7 Å². The van der Waals surface area contributed by atoms with Gasteiger partial charge in [-0.05, 0) is 30.3 Å². The van der Waals surface area contributed by atoms with Crippen LogP contribution in [0, 0.1) is 0 Å². The molecule has 2 aromatic heterocycles. The largest absolute Gasteiger partial charge is 0.497 e. The van der Waals surface area contributed by atoms with Gasteiger partial charge in [0, 0.05) is 49.5 Å². The highest BCUT2D eigenvalue weighted by Crippen LogP contribution is 2.28. The minimum Gasteiger partial charge on any atom is -0.497 e. The third-order valence-corrected chi connectivity index (χ3v) is 6.29. The molecule has 0 atom stereocenters. The quantitative estimate of drug-likeness (QED) is 0.472. The molecule has 9 nitrogen and oxygen atoms in total. The molecule has 9 heteroatoms. The number of hydrogen-bond acceptors (Lipinski definition) is 6. The molecule has 1 fully saturated rings. The number of nitrogens with one attached hydrogen (secondary N) is 1. The Morgan fingerprint density at radius 1 is 1.12 bits per heavy atom. The number of carbonyl (C=O) groups is 1. The molecule has 0 unspecified atom stereocenters. The highest BCUT2D eigenvalue weighted by atomic mass is 16.5. The highest BCUT2D eigenvalue weighted by Gasteiger charge is 2.23. The molecule has 1 saturated heterocycles. The average Bonchev–Trinajstić information content (AvgIpc) is 3.18. The van der Waals surface area contributed by atoms with E-state index in [1.54, 1.807) is 31.4 Å². The maximum Gasteiger partial charge on any atom is 0.296 e. The first-order valence-corrected chi connectivity index (χ1v) is 11.3. The molecule has 0 spiro atoms. The highest BCUT2D eigenvalue weighted by molar-refractivity contribution is 6.16. The predicted molar refractivity (Wildman–Crippen MR) is 130 cm³/mol. The van der Waals surface area contributed by atoms with Gasteiger partial charge < -0.3 is 19.4 Å². The topological polar surface area (TPSA) is 90.6 Å². The Bertz CT molecular complexity index is 1400. The molecule has 1 aliphatic rings. The van der Waals surface area contributed by atoms with Crippen molar-refractivity contribution in [3.8, 4) is 11.4 Å². The number of rotatable bonds is 6. The molecule has 34 heavy (non-hydrogen) atoms. The normalized spacial score (nSPS) is 14.5. The minimum absolute atomic E-state index is 0.226. The first-order valence-electron chi connectivity index (χ1n) is 11.3. The van der Waals surface area contributed by atoms with Gasteiger partial charge in [-0.2, -0.15) is 9.78 Å².